The Hall–Kier alpha value is -0.0900. The van der Waals surface area contributed by atoms with E-state index in [1.807, 2.05) is 0 Å². The monoisotopic (exact) mass is 272 g/mol. The van der Waals surface area contributed by atoms with E-state index in [1.54, 1.807) is 6.20 Å². The van der Waals surface area contributed by atoms with Gasteiger partial charge in [-0.2, -0.15) is 22.0 Å². The zero-order valence-corrected chi connectivity index (χ0v) is 10.4. The largest absolute Gasteiger partial charge is 0.162 e. The van der Waals surface area contributed by atoms with Gasteiger partial charge in [0.1, 0.15) is 0 Å². The molecular formula is C10H13BrN2S. The predicted octanol–water partition coefficient (Wildman–Crippen LogP) is 2.92. The van der Waals surface area contributed by atoms with E-state index in [0.29, 0.717) is 0 Å². The summed E-state index contributed by atoms with van der Waals surface area (Å²) in [5.41, 5.74) is 1.12. The quantitative estimate of drug-likeness (QED) is 0.828. The Bertz CT molecular complexity index is 300. The van der Waals surface area contributed by atoms with Crippen molar-refractivity contribution in [1.82, 2.24) is 10.2 Å². The van der Waals surface area contributed by atoms with Gasteiger partial charge in [0, 0.05) is 4.47 Å². The van der Waals surface area contributed by atoms with Crippen LogP contribution in [0.2, 0.25) is 0 Å². The summed E-state index contributed by atoms with van der Waals surface area (Å²) in [5, 5.41) is 8.09. The van der Waals surface area contributed by atoms with Crippen molar-refractivity contribution >= 4 is 27.7 Å². The van der Waals surface area contributed by atoms with Crippen molar-refractivity contribution in [3.8, 4) is 0 Å². The second-order valence-corrected chi connectivity index (χ2v) is 5.72. The molecule has 0 aromatic carbocycles. The molecule has 0 saturated carbocycles. The molecule has 0 radical (unpaired) electrons. The van der Waals surface area contributed by atoms with Crippen molar-refractivity contribution in [3.63, 3.8) is 0 Å². The van der Waals surface area contributed by atoms with Crippen LogP contribution in [-0.2, 0) is 6.42 Å². The molecule has 0 bridgehead atoms. The van der Waals surface area contributed by atoms with Crippen molar-refractivity contribution in [2.45, 2.75) is 19.3 Å². The number of halogens is 1. The molecule has 0 spiro atoms. The third-order valence-corrected chi connectivity index (χ3v) is 4.14. The summed E-state index contributed by atoms with van der Waals surface area (Å²) in [6.07, 6.45) is 5.52. The van der Waals surface area contributed by atoms with Crippen molar-refractivity contribution in [1.29, 1.82) is 0 Å². The van der Waals surface area contributed by atoms with Crippen molar-refractivity contribution in [3.05, 3.63) is 22.4 Å². The first-order chi connectivity index (χ1) is 6.84. The number of aromatic nitrogens is 2. The van der Waals surface area contributed by atoms with Gasteiger partial charge in [0.2, 0.25) is 0 Å². The lowest BCUT2D eigenvalue weighted by Crippen LogP contribution is -2.14. The molecule has 2 nitrogen and oxygen atoms in total. The van der Waals surface area contributed by atoms with Gasteiger partial charge in [-0.15, -0.1) is 0 Å². The molecule has 14 heavy (non-hydrogen) atoms. The van der Waals surface area contributed by atoms with Gasteiger partial charge in [0.15, 0.2) is 0 Å². The summed E-state index contributed by atoms with van der Waals surface area (Å²) in [6, 6.07) is 2.08. The molecule has 1 fully saturated rings. The lowest BCUT2D eigenvalue weighted by Gasteiger charge is -2.20. The number of nitrogens with zero attached hydrogens (tertiary/aromatic N) is 2. The maximum Gasteiger partial charge on any atom is 0.0645 e. The molecule has 1 saturated heterocycles. The summed E-state index contributed by atoms with van der Waals surface area (Å²) < 4.78 is 1.03. The van der Waals surface area contributed by atoms with E-state index in [1.165, 1.54) is 24.3 Å². The maximum atomic E-state index is 4.14. The third-order valence-electron chi connectivity index (χ3n) is 2.42. The van der Waals surface area contributed by atoms with Crippen molar-refractivity contribution < 1.29 is 0 Å². The topological polar surface area (TPSA) is 25.8 Å². The molecule has 76 valence electrons. The zero-order valence-electron chi connectivity index (χ0n) is 7.95. The number of thioether (sulfide) groups is 1. The minimum atomic E-state index is 0.803. The predicted molar refractivity (Wildman–Crippen MR) is 63.5 cm³/mol. The molecule has 0 aliphatic carbocycles. The molecule has 2 heterocycles. The van der Waals surface area contributed by atoms with Crippen LogP contribution in [0.25, 0.3) is 0 Å². The Balaban J connectivity index is 1.95. The van der Waals surface area contributed by atoms with Gasteiger partial charge >= 0.3 is 0 Å². The standard InChI is InChI=1S/C10H13BrN2S/c11-9-5-10(13-12-6-9)4-8-2-1-3-14-7-8/h5-6,8H,1-4,7H2. The Morgan fingerprint density at radius 1 is 1.57 bits per heavy atom. The van der Waals surface area contributed by atoms with Crippen LogP contribution >= 0.6 is 27.7 Å². The average Bonchev–Trinajstić information content (AvgIpc) is 2.19. The smallest absolute Gasteiger partial charge is 0.0645 e. The van der Waals surface area contributed by atoms with E-state index >= 15 is 0 Å². The number of rotatable bonds is 2. The first kappa shape index (κ1) is 10.4. The lowest BCUT2D eigenvalue weighted by molar-refractivity contribution is 0.512. The molecule has 1 aromatic heterocycles. The second-order valence-electron chi connectivity index (χ2n) is 3.65. The first-order valence-corrected chi connectivity index (χ1v) is 6.84. The van der Waals surface area contributed by atoms with Crippen LogP contribution in [0.4, 0.5) is 0 Å². The Morgan fingerprint density at radius 3 is 3.21 bits per heavy atom. The van der Waals surface area contributed by atoms with Gasteiger partial charge < -0.3 is 0 Å². The molecule has 1 aliphatic heterocycles. The van der Waals surface area contributed by atoms with Crippen LogP contribution in [0.1, 0.15) is 18.5 Å². The van der Waals surface area contributed by atoms with Crippen LogP contribution < -0.4 is 0 Å². The fraction of sp³-hybridized carbons (Fsp3) is 0.600. The average molecular weight is 273 g/mol. The van der Waals surface area contributed by atoms with E-state index in [2.05, 4.69) is 44.0 Å². The van der Waals surface area contributed by atoms with E-state index in [-0.39, 0.29) is 0 Å². The Morgan fingerprint density at radius 2 is 2.50 bits per heavy atom. The van der Waals surface area contributed by atoms with Crippen LogP contribution in [-0.4, -0.2) is 21.7 Å². The molecule has 1 atom stereocenters. The van der Waals surface area contributed by atoms with Gasteiger partial charge in [0.25, 0.3) is 0 Å². The van der Waals surface area contributed by atoms with Crippen LogP contribution in [0.5, 0.6) is 0 Å². The van der Waals surface area contributed by atoms with E-state index in [9.17, 15) is 0 Å². The summed E-state index contributed by atoms with van der Waals surface area (Å²) in [7, 11) is 0. The Labute approximate surface area is 97.0 Å². The van der Waals surface area contributed by atoms with Crippen LogP contribution in [0, 0.1) is 5.92 Å². The van der Waals surface area contributed by atoms with Gasteiger partial charge in [0.05, 0.1) is 11.9 Å². The normalized spacial score (nSPS) is 22.2. The highest BCUT2D eigenvalue weighted by molar-refractivity contribution is 9.10. The fourth-order valence-electron chi connectivity index (χ4n) is 1.75. The maximum absolute atomic E-state index is 4.14. The van der Waals surface area contributed by atoms with Crippen LogP contribution in [0.15, 0.2) is 16.7 Å². The third kappa shape index (κ3) is 2.95. The Kier molecular flexibility index (Phi) is 3.81. The van der Waals surface area contributed by atoms with E-state index in [0.717, 1.165) is 22.5 Å². The van der Waals surface area contributed by atoms with Gasteiger partial charge in [-0.1, -0.05) is 0 Å². The van der Waals surface area contributed by atoms with Gasteiger partial charge in [-0.3, -0.25) is 0 Å². The molecule has 0 amide bonds. The van der Waals surface area contributed by atoms with E-state index in [4.69, 9.17) is 0 Å². The second kappa shape index (κ2) is 5.12. The summed E-state index contributed by atoms with van der Waals surface area (Å²) in [5.74, 6) is 3.42. The fourth-order valence-corrected chi connectivity index (χ4v) is 3.26. The first-order valence-electron chi connectivity index (χ1n) is 4.89. The van der Waals surface area contributed by atoms with Crippen molar-refractivity contribution in [2.24, 2.45) is 5.92 Å². The minimum absolute atomic E-state index is 0.803. The molecule has 0 N–H and O–H groups in total. The highest BCUT2D eigenvalue weighted by Gasteiger charge is 2.14. The minimum Gasteiger partial charge on any atom is -0.162 e. The number of hydrogen-bond donors (Lipinski definition) is 0. The molecule has 1 unspecified atom stereocenters. The lowest BCUT2D eigenvalue weighted by atomic mass is 9.99. The number of hydrogen-bond acceptors (Lipinski definition) is 3. The van der Waals surface area contributed by atoms with Gasteiger partial charge in [-0.25, -0.2) is 0 Å². The molecule has 2 rings (SSSR count). The van der Waals surface area contributed by atoms with Gasteiger partial charge in [-0.05, 0) is 58.7 Å². The molecular weight excluding hydrogens is 260 g/mol. The highest BCUT2D eigenvalue weighted by Crippen LogP contribution is 2.25. The van der Waals surface area contributed by atoms with E-state index < -0.39 is 0 Å². The zero-order chi connectivity index (χ0) is 9.80. The van der Waals surface area contributed by atoms with Crippen LogP contribution in [0.3, 0.4) is 0 Å². The van der Waals surface area contributed by atoms with Crippen molar-refractivity contribution in [2.75, 3.05) is 11.5 Å². The SMILES string of the molecule is Brc1cnnc(CC2CCCSC2)c1. The highest BCUT2D eigenvalue weighted by atomic mass is 79.9. The molecule has 1 aromatic rings. The molecule has 4 heteroatoms. The summed E-state index contributed by atoms with van der Waals surface area (Å²) >= 11 is 5.49. The summed E-state index contributed by atoms with van der Waals surface area (Å²) in [6.45, 7) is 0. The summed E-state index contributed by atoms with van der Waals surface area (Å²) in [4.78, 5) is 0. The molecule has 1 aliphatic rings.